The second kappa shape index (κ2) is 6.82. The third-order valence-electron chi connectivity index (χ3n) is 10.2. The summed E-state index contributed by atoms with van der Waals surface area (Å²) in [5, 5.41) is 0. The molecule has 4 aliphatic rings. The van der Waals surface area contributed by atoms with Gasteiger partial charge in [-0.15, -0.1) is 0 Å². The molecule has 2 unspecified atom stereocenters. The standard InChI is InChI=1S/C24H41NO/c1-16(7-12-22(25)26)19-10-11-20-18-9-8-17-6-4-5-14-23(17,2)21(18)13-15-24(19,20)3/h16-21H,4-15H2,1-3H3,(H2,25,26)/t16-,17-,18?,19?,20-,21-,23-,24+/m1/s1. The molecule has 2 N–H and O–H groups in total. The summed E-state index contributed by atoms with van der Waals surface area (Å²) >= 11 is 0. The van der Waals surface area contributed by atoms with E-state index in [2.05, 4.69) is 20.8 Å². The number of nitrogens with two attached hydrogens (primary N) is 1. The van der Waals surface area contributed by atoms with E-state index in [-0.39, 0.29) is 5.91 Å². The van der Waals surface area contributed by atoms with Gasteiger partial charge in [0.2, 0.25) is 5.91 Å². The van der Waals surface area contributed by atoms with Crippen molar-refractivity contribution in [3.63, 3.8) is 0 Å². The summed E-state index contributed by atoms with van der Waals surface area (Å²) < 4.78 is 0. The number of carbonyl (C=O) groups excluding carboxylic acids is 1. The van der Waals surface area contributed by atoms with Crippen molar-refractivity contribution in [3.8, 4) is 0 Å². The van der Waals surface area contributed by atoms with Crippen molar-refractivity contribution in [3.05, 3.63) is 0 Å². The molecule has 0 radical (unpaired) electrons. The molecule has 0 aromatic rings. The minimum Gasteiger partial charge on any atom is -0.370 e. The molecule has 0 bridgehead atoms. The highest BCUT2D eigenvalue weighted by Gasteiger charge is 2.60. The summed E-state index contributed by atoms with van der Waals surface area (Å²) in [6.07, 6.45) is 16.3. The van der Waals surface area contributed by atoms with Crippen molar-refractivity contribution in [1.29, 1.82) is 0 Å². The fraction of sp³-hybridized carbons (Fsp3) is 0.958. The average molecular weight is 360 g/mol. The molecule has 148 valence electrons. The van der Waals surface area contributed by atoms with Crippen LogP contribution < -0.4 is 5.73 Å². The lowest BCUT2D eigenvalue weighted by atomic mass is 9.44. The van der Waals surface area contributed by atoms with Crippen molar-refractivity contribution >= 4 is 5.91 Å². The zero-order valence-electron chi connectivity index (χ0n) is 17.4. The Morgan fingerprint density at radius 2 is 1.73 bits per heavy atom. The van der Waals surface area contributed by atoms with Crippen LogP contribution >= 0.6 is 0 Å². The first-order valence-electron chi connectivity index (χ1n) is 11.6. The molecule has 0 aliphatic heterocycles. The molecule has 0 aromatic carbocycles. The molecule has 4 rings (SSSR count). The highest BCUT2D eigenvalue weighted by molar-refractivity contribution is 5.73. The van der Waals surface area contributed by atoms with E-state index in [9.17, 15) is 4.79 Å². The molecule has 8 atom stereocenters. The molecule has 0 aromatic heterocycles. The highest BCUT2D eigenvalue weighted by atomic mass is 16.1. The quantitative estimate of drug-likeness (QED) is 0.663. The van der Waals surface area contributed by atoms with Crippen LogP contribution in [-0.4, -0.2) is 5.91 Å². The van der Waals surface area contributed by atoms with Crippen LogP contribution in [0.25, 0.3) is 0 Å². The monoisotopic (exact) mass is 359 g/mol. The third-order valence-corrected chi connectivity index (χ3v) is 10.2. The molecular formula is C24H41NO. The minimum absolute atomic E-state index is 0.121. The number of rotatable bonds is 4. The Balaban J connectivity index is 1.52. The van der Waals surface area contributed by atoms with Gasteiger partial charge < -0.3 is 5.73 Å². The van der Waals surface area contributed by atoms with Gasteiger partial charge in [-0.2, -0.15) is 0 Å². The number of carbonyl (C=O) groups is 1. The van der Waals surface area contributed by atoms with Crippen LogP contribution in [-0.2, 0) is 4.79 Å². The molecule has 2 heteroatoms. The fourth-order valence-corrected chi connectivity index (χ4v) is 8.84. The summed E-state index contributed by atoms with van der Waals surface area (Å²) in [5.41, 5.74) is 6.60. The van der Waals surface area contributed by atoms with E-state index < -0.39 is 0 Å². The van der Waals surface area contributed by atoms with Crippen LogP contribution in [0.5, 0.6) is 0 Å². The Labute approximate surface area is 161 Å². The lowest BCUT2D eigenvalue weighted by molar-refractivity contribution is -0.119. The number of amides is 1. The van der Waals surface area contributed by atoms with Gasteiger partial charge in [-0.3, -0.25) is 4.79 Å². The molecule has 1 amide bonds. The summed E-state index contributed by atoms with van der Waals surface area (Å²) in [5.74, 6) is 5.29. The van der Waals surface area contributed by atoms with Gasteiger partial charge >= 0.3 is 0 Å². The van der Waals surface area contributed by atoms with Gasteiger partial charge in [0, 0.05) is 6.42 Å². The van der Waals surface area contributed by atoms with Gasteiger partial charge in [-0.05, 0) is 104 Å². The first-order chi connectivity index (χ1) is 12.4. The lowest BCUT2D eigenvalue weighted by Gasteiger charge is -2.61. The van der Waals surface area contributed by atoms with Gasteiger partial charge in [0.25, 0.3) is 0 Å². The predicted octanol–water partition coefficient (Wildman–Crippen LogP) is 5.94. The first-order valence-corrected chi connectivity index (χ1v) is 11.6. The molecule has 0 heterocycles. The Hall–Kier alpha value is -0.530. The fourth-order valence-electron chi connectivity index (χ4n) is 8.84. The van der Waals surface area contributed by atoms with Gasteiger partial charge in [-0.25, -0.2) is 0 Å². The van der Waals surface area contributed by atoms with E-state index in [1.807, 2.05) is 0 Å². The van der Waals surface area contributed by atoms with Crippen molar-refractivity contribution in [2.45, 2.75) is 97.8 Å². The number of hydrogen-bond donors (Lipinski definition) is 1. The Morgan fingerprint density at radius 3 is 2.50 bits per heavy atom. The number of hydrogen-bond acceptors (Lipinski definition) is 1. The van der Waals surface area contributed by atoms with Crippen LogP contribution in [0.1, 0.15) is 97.8 Å². The van der Waals surface area contributed by atoms with Crippen LogP contribution in [0.3, 0.4) is 0 Å². The minimum atomic E-state index is -0.121. The Bertz CT molecular complexity index is 544. The van der Waals surface area contributed by atoms with Gasteiger partial charge in [-0.1, -0.05) is 33.6 Å². The molecule has 4 fully saturated rings. The highest BCUT2D eigenvalue weighted by Crippen LogP contribution is 2.68. The summed E-state index contributed by atoms with van der Waals surface area (Å²) in [7, 11) is 0. The summed E-state index contributed by atoms with van der Waals surface area (Å²) in [4.78, 5) is 11.3. The largest absolute Gasteiger partial charge is 0.370 e. The SMILES string of the molecule is C[C@H](CCC(N)=O)C1CC[C@@H]2C3CC[C@H]4CCCC[C@@]4(C)[C@@H]3CC[C@@]12C. The molecular weight excluding hydrogens is 318 g/mol. The Morgan fingerprint density at radius 1 is 0.962 bits per heavy atom. The van der Waals surface area contributed by atoms with Gasteiger partial charge in [0.05, 0.1) is 0 Å². The van der Waals surface area contributed by atoms with Crippen molar-refractivity contribution < 1.29 is 4.79 Å². The maximum absolute atomic E-state index is 11.3. The maximum atomic E-state index is 11.3. The molecule has 0 saturated heterocycles. The van der Waals surface area contributed by atoms with E-state index in [0.29, 0.717) is 23.2 Å². The van der Waals surface area contributed by atoms with Crippen molar-refractivity contribution in [1.82, 2.24) is 0 Å². The summed E-state index contributed by atoms with van der Waals surface area (Å²) in [6, 6.07) is 0. The van der Waals surface area contributed by atoms with E-state index in [1.165, 1.54) is 64.2 Å². The zero-order chi connectivity index (χ0) is 18.5. The smallest absolute Gasteiger partial charge is 0.217 e. The second-order valence-electron chi connectivity index (χ2n) is 11.1. The van der Waals surface area contributed by atoms with E-state index in [4.69, 9.17) is 5.73 Å². The van der Waals surface area contributed by atoms with Crippen molar-refractivity contribution in [2.24, 2.45) is 52.1 Å². The van der Waals surface area contributed by atoms with Crippen LogP contribution in [0.4, 0.5) is 0 Å². The molecule has 0 spiro atoms. The lowest BCUT2D eigenvalue weighted by Crippen LogP contribution is -2.53. The van der Waals surface area contributed by atoms with Gasteiger partial charge in [0.15, 0.2) is 0 Å². The zero-order valence-corrected chi connectivity index (χ0v) is 17.4. The molecule has 2 nitrogen and oxygen atoms in total. The molecule has 4 saturated carbocycles. The second-order valence-corrected chi connectivity index (χ2v) is 11.1. The summed E-state index contributed by atoms with van der Waals surface area (Å²) in [6.45, 7) is 7.70. The van der Waals surface area contributed by atoms with Crippen LogP contribution in [0.15, 0.2) is 0 Å². The normalized spacial score (nSPS) is 49.0. The van der Waals surface area contributed by atoms with E-state index in [0.717, 1.165) is 36.0 Å². The number of primary amides is 1. The van der Waals surface area contributed by atoms with E-state index >= 15 is 0 Å². The topological polar surface area (TPSA) is 43.1 Å². The molecule has 4 aliphatic carbocycles. The van der Waals surface area contributed by atoms with Crippen LogP contribution in [0, 0.1) is 46.3 Å². The first kappa shape index (κ1) is 18.8. The number of fused-ring (bicyclic) bond motifs is 5. The Kier molecular flexibility index (Phi) is 4.93. The average Bonchev–Trinajstić information content (AvgIpc) is 2.96. The van der Waals surface area contributed by atoms with Crippen LogP contribution in [0.2, 0.25) is 0 Å². The molecule has 26 heavy (non-hydrogen) atoms. The predicted molar refractivity (Wildman–Crippen MR) is 107 cm³/mol. The maximum Gasteiger partial charge on any atom is 0.217 e. The van der Waals surface area contributed by atoms with Gasteiger partial charge in [0.1, 0.15) is 0 Å². The third kappa shape index (κ3) is 2.85. The van der Waals surface area contributed by atoms with Crippen molar-refractivity contribution in [2.75, 3.05) is 0 Å². The van der Waals surface area contributed by atoms with E-state index in [1.54, 1.807) is 0 Å².